The number of rotatable bonds is 7. The lowest BCUT2D eigenvalue weighted by Gasteiger charge is -2.12. The maximum Gasteiger partial charge on any atom is 0.319 e. The molecule has 0 bridgehead atoms. The number of anilines is 1. The van der Waals surface area contributed by atoms with Crippen LogP contribution < -0.4 is 5.32 Å². The van der Waals surface area contributed by atoms with E-state index in [4.69, 9.17) is 16.3 Å². The molecule has 0 saturated carbocycles. The van der Waals surface area contributed by atoms with Crippen LogP contribution in [0.1, 0.15) is 12.5 Å². The summed E-state index contributed by atoms with van der Waals surface area (Å²) in [6, 6.07) is 11.0. The Balaban J connectivity index is 1.84. The molecule has 27 heavy (non-hydrogen) atoms. The van der Waals surface area contributed by atoms with Crippen LogP contribution in [0.25, 0.3) is 0 Å². The molecule has 0 aromatic heterocycles. The van der Waals surface area contributed by atoms with E-state index in [9.17, 15) is 19.7 Å². The van der Waals surface area contributed by atoms with Crippen molar-refractivity contribution in [3.05, 3.63) is 63.2 Å². The van der Waals surface area contributed by atoms with Crippen LogP contribution >= 0.6 is 23.4 Å². The third-order valence-corrected chi connectivity index (χ3v) is 5.08. The number of nitrogens with zero attached hydrogens (tertiary/aromatic N) is 1. The van der Waals surface area contributed by atoms with E-state index >= 15 is 0 Å². The fourth-order valence-electron chi connectivity index (χ4n) is 2.08. The van der Waals surface area contributed by atoms with Crippen LogP contribution in [-0.2, 0) is 14.3 Å². The summed E-state index contributed by atoms with van der Waals surface area (Å²) >= 11 is 7.18. The lowest BCUT2D eigenvalue weighted by Crippen LogP contribution is -2.25. The Labute approximate surface area is 165 Å². The molecule has 0 aliphatic carbocycles. The van der Waals surface area contributed by atoms with Gasteiger partial charge in [-0.2, -0.15) is 0 Å². The molecular formula is C18H17ClN2O5S. The predicted molar refractivity (Wildman–Crippen MR) is 104 cm³/mol. The van der Waals surface area contributed by atoms with Gasteiger partial charge >= 0.3 is 5.97 Å². The van der Waals surface area contributed by atoms with Crippen LogP contribution in [0.5, 0.6) is 0 Å². The number of esters is 1. The molecular weight excluding hydrogens is 392 g/mol. The maximum atomic E-state index is 12.0. The number of amides is 1. The number of nitrogens with one attached hydrogen (secondary N) is 1. The van der Waals surface area contributed by atoms with E-state index in [0.717, 1.165) is 5.56 Å². The minimum absolute atomic E-state index is 0.0254. The van der Waals surface area contributed by atoms with Gasteiger partial charge in [0.05, 0.1) is 4.92 Å². The van der Waals surface area contributed by atoms with E-state index in [-0.39, 0.29) is 5.69 Å². The average molecular weight is 409 g/mol. The quantitative estimate of drug-likeness (QED) is 0.319. The number of non-ortho nitro benzene ring substituents is 1. The molecule has 1 unspecified atom stereocenters. The lowest BCUT2D eigenvalue weighted by molar-refractivity contribution is -0.384. The summed E-state index contributed by atoms with van der Waals surface area (Å²) < 4.78 is 5.03. The summed E-state index contributed by atoms with van der Waals surface area (Å²) in [6.07, 6.45) is 0. The van der Waals surface area contributed by atoms with Gasteiger partial charge in [-0.25, -0.2) is 0 Å². The highest BCUT2D eigenvalue weighted by molar-refractivity contribution is 8.00. The Kier molecular flexibility index (Phi) is 7.20. The topological polar surface area (TPSA) is 98.5 Å². The van der Waals surface area contributed by atoms with Crippen molar-refractivity contribution < 1.29 is 19.2 Å². The average Bonchev–Trinajstić information content (AvgIpc) is 2.64. The van der Waals surface area contributed by atoms with Gasteiger partial charge in [0.2, 0.25) is 0 Å². The normalized spacial score (nSPS) is 11.5. The molecule has 0 aliphatic heterocycles. The molecule has 0 saturated heterocycles. The van der Waals surface area contributed by atoms with Crippen molar-refractivity contribution >= 4 is 46.6 Å². The molecule has 0 radical (unpaired) electrons. The molecule has 1 amide bonds. The number of hydrogen-bond acceptors (Lipinski definition) is 6. The van der Waals surface area contributed by atoms with Crippen molar-refractivity contribution in [3.63, 3.8) is 0 Å². The summed E-state index contributed by atoms with van der Waals surface area (Å²) in [5.41, 5.74) is 1.25. The van der Waals surface area contributed by atoms with Gasteiger partial charge < -0.3 is 10.1 Å². The zero-order valence-corrected chi connectivity index (χ0v) is 16.2. The fraction of sp³-hybridized carbons (Fsp3) is 0.222. The third-order valence-electron chi connectivity index (χ3n) is 3.58. The molecule has 2 aromatic carbocycles. The standard InChI is InChI=1S/C18H17ClN2O5S/c1-11-15(19)4-3-5-16(11)20-17(22)10-26-18(23)12(2)27-14-8-6-13(7-9-14)21(24)25/h3-9,12H,10H2,1-2H3,(H,20,22). The first-order valence-electron chi connectivity index (χ1n) is 7.90. The molecule has 0 fully saturated rings. The van der Waals surface area contributed by atoms with Crippen molar-refractivity contribution in [2.45, 2.75) is 24.0 Å². The van der Waals surface area contributed by atoms with E-state index in [1.165, 1.54) is 23.9 Å². The van der Waals surface area contributed by atoms with Gasteiger partial charge in [0.15, 0.2) is 6.61 Å². The largest absolute Gasteiger partial charge is 0.455 e. The molecule has 1 N–H and O–H groups in total. The summed E-state index contributed by atoms with van der Waals surface area (Å²) in [5, 5.41) is 13.2. The number of halogens is 1. The number of carbonyl (C=O) groups is 2. The van der Waals surface area contributed by atoms with Gasteiger partial charge in [-0.15, -0.1) is 11.8 Å². The smallest absolute Gasteiger partial charge is 0.319 e. The Morgan fingerprint density at radius 3 is 2.56 bits per heavy atom. The number of hydrogen-bond donors (Lipinski definition) is 1. The highest BCUT2D eigenvalue weighted by atomic mass is 35.5. The SMILES string of the molecule is Cc1c(Cl)cccc1NC(=O)COC(=O)C(C)Sc1ccc([N+](=O)[O-])cc1. The number of carbonyl (C=O) groups excluding carboxylic acids is 2. The second-order valence-electron chi connectivity index (χ2n) is 5.58. The van der Waals surface area contributed by atoms with E-state index in [1.54, 1.807) is 44.2 Å². The molecule has 2 rings (SSSR count). The van der Waals surface area contributed by atoms with Gasteiger partial charge in [0, 0.05) is 27.7 Å². The van der Waals surface area contributed by atoms with Gasteiger partial charge in [-0.1, -0.05) is 17.7 Å². The molecule has 7 nitrogen and oxygen atoms in total. The van der Waals surface area contributed by atoms with E-state index in [1.807, 2.05) is 0 Å². The van der Waals surface area contributed by atoms with Crippen molar-refractivity contribution in [3.8, 4) is 0 Å². The first-order chi connectivity index (χ1) is 12.8. The van der Waals surface area contributed by atoms with Gasteiger partial charge in [0.1, 0.15) is 5.25 Å². The fourth-order valence-corrected chi connectivity index (χ4v) is 3.12. The maximum absolute atomic E-state index is 12.0. The highest BCUT2D eigenvalue weighted by Crippen LogP contribution is 2.26. The number of benzene rings is 2. The first kappa shape index (κ1) is 20.7. The van der Waals surface area contributed by atoms with E-state index in [2.05, 4.69) is 5.32 Å². The van der Waals surface area contributed by atoms with Crippen molar-refractivity contribution in [1.29, 1.82) is 0 Å². The summed E-state index contributed by atoms with van der Waals surface area (Å²) in [4.78, 5) is 34.8. The first-order valence-corrected chi connectivity index (χ1v) is 9.16. The highest BCUT2D eigenvalue weighted by Gasteiger charge is 2.18. The van der Waals surface area contributed by atoms with Gasteiger partial charge in [0.25, 0.3) is 11.6 Å². The van der Waals surface area contributed by atoms with Gasteiger partial charge in [-0.05, 0) is 43.7 Å². The van der Waals surface area contributed by atoms with E-state index in [0.29, 0.717) is 15.6 Å². The van der Waals surface area contributed by atoms with Crippen LogP contribution in [0.15, 0.2) is 47.4 Å². The molecule has 2 aromatic rings. The third kappa shape index (κ3) is 5.97. The molecule has 9 heteroatoms. The van der Waals surface area contributed by atoms with Crippen LogP contribution in [0, 0.1) is 17.0 Å². The van der Waals surface area contributed by atoms with E-state index < -0.39 is 28.7 Å². The lowest BCUT2D eigenvalue weighted by atomic mass is 10.2. The van der Waals surface area contributed by atoms with Crippen molar-refractivity contribution in [2.75, 3.05) is 11.9 Å². The Hall–Kier alpha value is -2.58. The second-order valence-corrected chi connectivity index (χ2v) is 7.40. The Morgan fingerprint density at radius 2 is 1.93 bits per heavy atom. The van der Waals surface area contributed by atoms with Crippen LogP contribution in [0.2, 0.25) is 5.02 Å². The zero-order valence-electron chi connectivity index (χ0n) is 14.6. The van der Waals surface area contributed by atoms with Crippen molar-refractivity contribution in [1.82, 2.24) is 0 Å². The molecule has 0 spiro atoms. The Morgan fingerprint density at radius 1 is 1.26 bits per heavy atom. The minimum atomic E-state index is -0.577. The number of nitro groups is 1. The molecule has 0 heterocycles. The summed E-state index contributed by atoms with van der Waals surface area (Å²) in [7, 11) is 0. The monoisotopic (exact) mass is 408 g/mol. The van der Waals surface area contributed by atoms with Crippen LogP contribution in [-0.4, -0.2) is 28.7 Å². The van der Waals surface area contributed by atoms with Gasteiger partial charge in [-0.3, -0.25) is 19.7 Å². The van der Waals surface area contributed by atoms with Crippen molar-refractivity contribution in [2.24, 2.45) is 0 Å². The predicted octanol–water partition coefficient (Wildman–Crippen LogP) is 4.22. The second kappa shape index (κ2) is 9.38. The van der Waals surface area contributed by atoms with Crippen LogP contribution in [0.4, 0.5) is 11.4 Å². The minimum Gasteiger partial charge on any atom is -0.455 e. The zero-order chi connectivity index (χ0) is 20.0. The summed E-state index contributed by atoms with van der Waals surface area (Å²) in [6.45, 7) is 2.98. The number of nitro benzene ring substituents is 1. The number of ether oxygens (including phenoxy) is 1. The molecule has 0 aliphatic rings. The molecule has 142 valence electrons. The number of thioether (sulfide) groups is 1. The summed E-state index contributed by atoms with van der Waals surface area (Å²) in [5.74, 6) is -1.03. The molecule has 1 atom stereocenters. The Bertz CT molecular complexity index is 857. The van der Waals surface area contributed by atoms with Crippen LogP contribution in [0.3, 0.4) is 0 Å².